The third-order valence-electron chi connectivity index (χ3n) is 2.08. The Bertz CT molecular complexity index is 196. The van der Waals surface area contributed by atoms with Crippen LogP contribution in [0, 0.1) is 12.3 Å². The van der Waals surface area contributed by atoms with Gasteiger partial charge in [-0.15, -0.1) is 12.3 Å². The summed E-state index contributed by atoms with van der Waals surface area (Å²) >= 11 is 0. The molecule has 1 atom stereocenters. The van der Waals surface area contributed by atoms with Crippen molar-refractivity contribution in [1.29, 1.82) is 0 Å². The van der Waals surface area contributed by atoms with E-state index < -0.39 is 0 Å². The molecule has 0 fully saturated rings. The summed E-state index contributed by atoms with van der Waals surface area (Å²) in [5, 5.41) is 2.90. The summed E-state index contributed by atoms with van der Waals surface area (Å²) in [5.74, 6) is 2.64. The second-order valence-electron chi connectivity index (χ2n) is 3.33. The Morgan fingerprint density at radius 1 is 1.57 bits per heavy atom. The van der Waals surface area contributed by atoms with E-state index in [1.807, 2.05) is 6.92 Å². The number of carbonyl (C=O) groups is 1. The van der Waals surface area contributed by atoms with E-state index >= 15 is 0 Å². The molecular weight excluding hydrogens is 176 g/mol. The number of terminal acetylenes is 1. The van der Waals surface area contributed by atoms with Crippen molar-refractivity contribution in [1.82, 2.24) is 5.32 Å². The van der Waals surface area contributed by atoms with Crippen LogP contribution in [0.15, 0.2) is 0 Å². The smallest absolute Gasteiger partial charge is 0.220 e. The minimum atomic E-state index is 0.0838. The highest BCUT2D eigenvalue weighted by molar-refractivity contribution is 5.76. The Kier molecular flexibility index (Phi) is 7.96. The Labute approximate surface area is 86.4 Å². The standard InChI is InChI=1S/C11H20N2O/c1-3-7-10(4-2)13-11(14)8-5-6-9-12/h1,10H,4-9,12H2,2H3,(H,13,14). The molecule has 1 amide bonds. The van der Waals surface area contributed by atoms with E-state index in [1.165, 1.54) is 0 Å². The maximum atomic E-state index is 11.3. The van der Waals surface area contributed by atoms with Gasteiger partial charge in [0, 0.05) is 18.9 Å². The molecule has 0 radical (unpaired) electrons. The summed E-state index contributed by atoms with van der Waals surface area (Å²) in [7, 11) is 0. The lowest BCUT2D eigenvalue weighted by molar-refractivity contribution is -0.121. The normalized spacial score (nSPS) is 11.8. The van der Waals surface area contributed by atoms with Gasteiger partial charge in [-0.1, -0.05) is 6.92 Å². The summed E-state index contributed by atoms with van der Waals surface area (Å²) < 4.78 is 0. The number of hydrogen-bond donors (Lipinski definition) is 2. The Balaban J connectivity index is 3.63. The molecule has 0 saturated heterocycles. The fourth-order valence-electron chi connectivity index (χ4n) is 1.17. The SMILES string of the molecule is C#CCC(CC)NC(=O)CCCCN. The van der Waals surface area contributed by atoms with E-state index in [1.54, 1.807) is 0 Å². The van der Waals surface area contributed by atoms with E-state index in [9.17, 15) is 4.79 Å². The van der Waals surface area contributed by atoms with Crippen LogP contribution in [0.25, 0.3) is 0 Å². The van der Waals surface area contributed by atoms with Crippen LogP contribution in [0.3, 0.4) is 0 Å². The zero-order valence-corrected chi connectivity index (χ0v) is 8.88. The van der Waals surface area contributed by atoms with Crippen molar-refractivity contribution in [2.75, 3.05) is 6.54 Å². The summed E-state index contributed by atoms with van der Waals surface area (Å²) in [6.45, 7) is 2.66. The maximum absolute atomic E-state index is 11.3. The van der Waals surface area contributed by atoms with Crippen LogP contribution in [0.4, 0.5) is 0 Å². The van der Waals surface area contributed by atoms with Gasteiger partial charge >= 0.3 is 0 Å². The maximum Gasteiger partial charge on any atom is 0.220 e. The highest BCUT2D eigenvalue weighted by Gasteiger charge is 2.07. The zero-order valence-electron chi connectivity index (χ0n) is 8.88. The van der Waals surface area contributed by atoms with Crippen LogP contribution >= 0.6 is 0 Å². The van der Waals surface area contributed by atoms with E-state index in [0.717, 1.165) is 19.3 Å². The lowest BCUT2D eigenvalue weighted by atomic mass is 10.1. The average molecular weight is 196 g/mol. The van der Waals surface area contributed by atoms with Gasteiger partial charge in [-0.05, 0) is 25.8 Å². The van der Waals surface area contributed by atoms with Gasteiger partial charge in [0.25, 0.3) is 0 Å². The third kappa shape index (κ3) is 6.50. The van der Waals surface area contributed by atoms with E-state index in [4.69, 9.17) is 12.2 Å². The minimum absolute atomic E-state index is 0.0838. The Hall–Kier alpha value is -1.01. The second-order valence-corrected chi connectivity index (χ2v) is 3.33. The largest absolute Gasteiger partial charge is 0.352 e. The molecule has 3 N–H and O–H groups in total. The van der Waals surface area contributed by atoms with Crippen molar-refractivity contribution in [3.05, 3.63) is 0 Å². The van der Waals surface area contributed by atoms with Crippen molar-refractivity contribution < 1.29 is 4.79 Å². The first-order valence-electron chi connectivity index (χ1n) is 5.17. The van der Waals surface area contributed by atoms with Crippen LogP contribution < -0.4 is 11.1 Å². The molecule has 0 heterocycles. The molecule has 80 valence electrons. The molecule has 0 aromatic heterocycles. The van der Waals surface area contributed by atoms with Gasteiger partial charge < -0.3 is 11.1 Å². The minimum Gasteiger partial charge on any atom is -0.352 e. The summed E-state index contributed by atoms with van der Waals surface area (Å²) in [6, 6.07) is 0.130. The van der Waals surface area contributed by atoms with Crippen LogP contribution in [-0.4, -0.2) is 18.5 Å². The molecule has 14 heavy (non-hydrogen) atoms. The Morgan fingerprint density at radius 3 is 2.79 bits per heavy atom. The summed E-state index contributed by atoms with van der Waals surface area (Å²) in [4.78, 5) is 11.3. The number of hydrogen-bond acceptors (Lipinski definition) is 2. The number of carbonyl (C=O) groups excluding carboxylic acids is 1. The monoisotopic (exact) mass is 196 g/mol. The number of nitrogens with one attached hydrogen (secondary N) is 1. The van der Waals surface area contributed by atoms with Crippen LogP contribution in [0.1, 0.15) is 39.0 Å². The van der Waals surface area contributed by atoms with Crippen molar-refractivity contribution in [3.63, 3.8) is 0 Å². The quantitative estimate of drug-likeness (QED) is 0.472. The van der Waals surface area contributed by atoms with Gasteiger partial charge in [-0.25, -0.2) is 0 Å². The highest BCUT2D eigenvalue weighted by atomic mass is 16.1. The van der Waals surface area contributed by atoms with E-state index in [2.05, 4.69) is 11.2 Å². The Morgan fingerprint density at radius 2 is 2.29 bits per heavy atom. The molecule has 0 rings (SSSR count). The van der Waals surface area contributed by atoms with Gasteiger partial charge in [-0.2, -0.15) is 0 Å². The van der Waals surface area contributed by atoms with Crippen LogP contribution in [0.2, 0.25) is 0 Å². The molecule has 0 aliphatic rings. The van der Waals surface area contributed by atoms with Crippen LogP contribution in [0.5, 0.6) is 0 Å². The topological polar surface area (TPSA) is 55.1 Å². The van der Waals surface area contributed by atoms with Gasteiger partial charge in [0.1, 0.15) is 0 Å². The van der Waals surface area contributed by atoms with Crippen molar-refractivity contribution in [2.24, 2.45) is 5.73 Å². The molecule has 0 spiro atoms. The summed E-state index contributed by atoms with van der Waals surface area (Å²) in [5.41, 5.74) is 5.33. The molecule has 1 unspecified atom stereocenters. The summed E-state index contributed by atoms with van der Waals surface area (Å²) in [6.07, 6.45) is 8.99. The van der Waals surface area contributed by atoms with Gasteiger partial charge in [0.15, 0.2) is 0 Å². The van der Waals surface area contributed by atoms with Crippen LogP contribution in [-0.2, 0) is 4.79 Å². The number of unbranched alkanes of at least 4 members (excludes halogenated alkanes) is 1. The molecule has 3 nitrogen and oxygen atoms in total. The second kappa shape index (κ2) is 8.58. The van der Waals surface area contributed by atoms with Gasteiger partial charge in [-0.3, -0.25) is 4.79 Å². The average Bonchev–Trinajstić information content (AvgIpc) is 2.17. The fraction of sp³-hybridized carbons (Fsp3) is 0.727. The molecule has 0 saturated carbocycles. The first-order valence-corrected chi connectivity index (χ1v) is 5.17. The van der Waals surface area contributed by atoms with Crippen molar-refractivity contribution in [2.45, 2.75) is 45.1 Å². The molecular formula is C11H20N2O. The lowest BCUT2D eigenvalue weighted by Gasteiger charge is -2.13. The molecule has 0 aliphatic heterocycles. The lowest BCUT2D eigenvalue weighted by Crippen LogP contribution is -2.33. The zero-order chi connectivity index (χ0) is 10.8. The molecule has 0 aromatic carbocycles. The predicted molar refractivity (Wildman–Crippen MR) is 58.6 cm³/mol. The molecule has 0 bridgehead atoms. The van der Waals surface area contributed by atoms with Crippen molar-refractivity contribution in [3.8, 4) is 12.3 Å². The van der Waals surface area contributed by atoms with Gasteiger partial charge in [0.2, 0.25) is 5.91 Å². The molecule has 0 aromatic rings. The first-order chi connectivity index (χ1) is 6.74. The first kappa shape index (κ1) is 13.0. The highest BCUT2D eigenvalue weighted by Crippen LogP contribution is 1.99. The van der Waals surface area contributed by atoms with E-state index in [0.29, 0.717) is 19.4 Å². The number of nitrogens with two attached hydrogens (primary N) is 1. The number of rotatable bonds is 7. The predicted octanol–water partition coefficient (Wildman–Crippen LogP) is 1.03. The molecule has 3 heteroatoms. The van der Waals surface area contributed by atoms with E-state index in [-0.39, 0.29) is 11.9 Å². The third-order valence-corrected chi connectivity index (χ3v) is 2.08. The number of amides is 1. The molecule has 0 aliphatic carbocycles. The van der Waals surface area contributed by atoms with Gasteiger partial charge in [0.05, 0.1) is 0 Å². The fourth-order valence-corrected chi connectivity index (χ4v) is 1.17. The van der Waals surface area contributed by atoms with Crippen molar-refractivity contribution >= 4 is 5.91 Å².